The fourth-order valence-corrected chi connectivity index (χ4v) is 4.18. The molecule has 7 N–H and O–H groups in total. The second-order valence-corrected chi connectivity index (χ2v) is 8.28. The fourth-order valence-electron chi connectivity index (χ4n) is 3.49. The van der Waals surface area contributed by atoms with Crippen molar-refractivity contribution in [3.05, 3.63) is 12.7 Å². The van der Waals surface area contributed by atoms with E-state index in [9.17, 15) is 15.0 Å². The Morgan fingerprint density at radius 3 is 2.71 bits per heavy atom. The molecule has 1 fully saturated rings. The summed E-state index contributed by atoms with van der Waals surface area (Å²) < 4.78 is 8.36. The summed E-state index contributed by atoms with van der Waals surface area (Å²) in [6, 6.07) is -0.894. The number of aliphatic carboxylic acids is 1. The lowest BCUT2D eigenvalue weighted by Crippen LogP contribution is -2.41. The highest BCUT2D eigenvalue weighted by Crippen LogP contribution is 2.32. The predicted octanol–water partition coefficient (Wildman–Crippen LogP) is -0.621. The lowest BCUT2D eigenvalue weighted by molar-refractivity contribution is -0.138. The maximum absolute atomic E-state index is 10.9. The minimum absolute atomic E-state index is 0. The van der Waals surface area contributed by atoms with Crippen LogP contribution >= 0.6 is 35.0 Å². The van der Waals surface area contributed by atoms with Gasteiger partial charge in [0, 0.05) is 17.5 Å². The zero-order valence-electron chi connectivity index (χ0n) is 16.6. The van der Waals surface area contributed by atoms with Crippen LogP contribution in [0.3, 0.4) is 0 Å². The number of aromatic nitrogens is 4. The number of nitrogens with two attached hydrogens (primary N) is 2. The lowest BCUT2D eigenvalue weighted by Gasteiger charge is -2.26. The first-order valence-corrected chi connectivity index (χ1v) is 11.1. The van der Waals surface area contributed by atoms with Crippen molar-refractivity contribution in [3.8, 4) is 0 Å². The molecule has 174 valence electrons. The number of nitrogens with zero attached hydrogens (tertiary/aromatic N) is 5. The third kappa shape index (κ3) is 5.91. The van der Waals surface area contributed by atoms with Crippen molar-refractivity contribution in [1.82, 2.24) is 24.4 Å². The van der Waals surface area contributed by atoms with Crippen molar-refractivity contribution in [2.75, 3.05) is 29.8 Å². The molecule has 2 aromatic heterocycles. The van der Waals surface area contributed by atoms with Gasteiger partial charge in [-0.3, -0.25) is 14.3 Å². The van der Waals surface area contributed by atoms with Crippen LogP contribution < -0.4 is 11.5 Å². The van der Waals surface area contributed by atoms with Crippen molar-refractivity contribution in [2.24, 2.45) is 5.73 Å². The Morgan fingerprint density at radius 1 is 1.29 bits per heavy atom. The van der Waals surface area contributed by atoms with Gasteiger partial charge in [0.15, 0.2) is 17.7 Å². The number of fused-ring (bicyclic) bond motifs is 1. The molecular weight excluding hydrogens is 545 g/mol. The third-order valence-corrected chi connectivity index (χ3v) is 5.63. The molecule has 3 rings (SSSR count). The third-order valence-electron chi connectivity index (χ3n) is 5.14. The first-order valence-electron chi connectivity index (χ1n) is 9.54. The molecule has 14 heteroatoms. The van der Waals surface area contributed by atoms with Crippen molar-refractivity contribution in [1.29, 1.82) is 0 Å². The average molecular weight is 572 g/mol. The molecule has 2 aromatic rings. The van der Waals surface area contributed by atoms with Gasteiger partial charge in [-0.15, -0.1) is 12.4 Å². The van der Waals surface area contributed by atoms with Gasteiger partial charge in [0.2, 0.25) is 0 Å². The number of carboxylic acids is 1. The van der Waals surface area contributed by atoms with Crippen LogP contribution in [0.2, 0.25) is 0 Å². The number of aliphatic hydroxyl groups is 2. The van der Waals surface area contributed by atoms with Gasteiger partial charge in [0.1, 0.15) is 36.2 Å². The van der Waals surface area contributed by atoms with Crippen LogP contribution in [-0.2, 0) is 9.53 Å². The Kier molecular flexibility index (Phi) is 9.60. The van der Waals surface area contributed by atoms with Crippen LogP contribution in [0.1, 0.15) is 19.1 Å². The second-order valence-electron chi connectivity index (χ2n) is 7.21. The summed E-state index contributed by atoms with van der Waals surface area (Å²) in [5, 5.41) is 30.1. The second kappa shape index (κ2) is 11.5. The molecule has 1 saturated heterocycles. The minimum Gasteiger partial charge on any atom is -0.480 e. The SMILES string of the molecule is Cl.Nc1ncnc2c1ncn2[C@@H]1O[C@H](CN(CCI)CCC[C@H](N)C(=O)O)[C@@H](O)[C@H]1O. The van der Waals surface area contributed by atoms with Crippen LogP contribution in [-0.4, -0.2) is 94.1 Å². The summed E-state index contributed by atoms with van der Waals surface area (Å²) in [7, 11) is 0. The van der Waals surface area contributed by atoms with E-state index in [1.165, 1.54) is 17.2 Å². The van der Waals surface area contributed by atoms with Crippen LogP contribution in [0.5, 0.6) is 0 Å². The zero-order valence-corrected chi connectivity index (χ0v) is 19.6. The van der Waals surface area contributed by atoms with E-state index in [4.69, 9.17) is 21.3 Å². The maximum atomic E-state index is 10.9. The number of halogens is 2. The topological polar surface area (TPSA) is 186 Å². The Hall–Kier alpha value is -1.36. The van der Waals surface area contributed by atoms with E-state index in [1.54, 1.807) is 0 Å². The smallest absolute Gasteiger partial charge is 0.320 e. The van der Waals surface area contributed by atoms with Crippen LogP contribution in [0, 0.1) is 0 Å². The first-order chi connectivity index (χ1) is 14.3. The fraction of sp³-hybridized carbons (Fsp3) is 0.647. The molecule has 0 aromatic carbocycles. The highest BCUT2D eigenvalue weighted by molar-refractivity contribution is 14.1. The molecule has 0 saturated carbocycles. The average Bonchev–Trinajstić information content (AvgIpc) is 3.25. The van der Waals surface area contributed by atoms with Gasteiger partial charge in [-0.1, -0.05) is 22.6 Å². The number of carboxylic acid groups (broad SMARTS) is 1. The molecule has 0 amide bonds. The van der Waals surface area contributed by atoms with Gasteiger partial charge >= 0.3 is 5.97 Å². The number of imidazole rings is 1. The lowest BCUT2D eigenvalue weighted by atomic mass is 10.1. The van der Waals surface area contributed by atoms with Crippen molar-refractivity contribution >= 4 is 57.9 Å². The summed E-state index contributed by atoms with van der Waals surface area (Å²) in [4.78, 5) is 25.2. The molecule has 5 atom stereocenters. The molecule has 31 heavy (non-hydrogen) atoms. The molecule has 3 heterocycles. The van der Waals surface area contributed by atoms with E-state index in [2.05, 4.69) is 42.4 Å². The van der Waals surface area contributed by atoms with Gasteiger partial charge in [-0.25, -0.2) is 15.0 Å². The Balaban J connectivity index is 0.00000341. The highest BCUT2D eigenvalue weighted by atomic mass is 127. The zero-order chi connectivity index (χ0) is 21.8. The molecule has 1 aliphatic rings. The summed E-state index contributed by atoms with van der Waals surface area (Å²) in [5.41, 5.74) is 12.2. The Morgan fingerprint density at radius 2 is 2.03 bits per heavy atom. The quantitative estimate of drug-likeness (QED) is 0.181. The molecule has 0 radical (unpaired) electrons. The minimum atomic E-state index is -1.18. The largest absolute Gasteiger partial charge is 0.480 e. The van der Waals surface area contributed by atoms with E-state index in [1.807, 2.05) is 0 Å². The predicted molar refractivity (Wildman–Crippen MR) is 123 cm³/mol. The number of rotatable bonds is 10. The molecule has 1 aliphatic heterocycles. The molecule has 12 nitrogen and oxygen atoms in total. The number of anilines is 1. The number of ether oxygens (including phenoxy) is 1. The Labute approximate surface area is 198 Å². The number of alkyl halides is 1. The molecule has 0 bridgehead atoms. The van der Waals surface area contributed by atoms with Crippen molar-refractivity contribution in [2.45, 2.75) is 43.4 Å². The molecule has 0 aliphatic carbocycles. The summed E-state index contributed by atoms with van der Waals surface area (Å²) in [6.45, 7) is 1.72. The maximum Gasteiger partial charge on any atom is 0.320 e. The van der Waals surface area contributed by atoms with E-state index >= 15 is 0 Å². The summed E-state index contributed by atoms with van der Waals surface area (Å²) >= 11 is 2.25. The summed E-state index contributed by atoms with van der Waals surface area (Å²) in [5.74, 6) is -0.802. The normalized spacial score (nSPS) is 24.4. The van der Waals surface area contributed by atoms with E-state index < -0.39 is 36.6 Å². The Bertz CT molecular complexity index is 875. The van der Waals surface area contributed by atoms with E-state index in [-0.39, 0.29) is 18.2 Å². The standard InChI is InChI=1S/C17H26IN7O5.ClH/c18-3-5-24(4-1-2-9(19)17(28)29)6-10-12(26)13(27)16(30-10)25-8-23-11-14(20)21-7-22-15(11)25;/h7-10,12-13,16,26-27H,1-6,19H2,(H,28,29)(H2,20,21,22);1H/t9-,10+,12+,13+,16+;/m0./s1. The molecular formula is C17H27ClIN7O5. The number of carbonyl (C=O) groups is 1. The van der Waals surface area contributed by atoms with E-state index in [0.29, 0.717) is 37.1 Å². The number of hydrogen-bond acceptors (Lipinski definition) is 10. The number of hydrogen-bond donors (Lipinski definition) is 5. The molecule has 0 spiro atoms. The number of aliphatic hydroxyl groups excluding tert-OH is 2. The van der Waals surface area contributed by atoms with Crippen molar-refractivity contribution in [3.63, 3.8) is 0 Å². The van der Waals surface area contributed by atoms with Crippen LogP contribution in [0.4, 0.5) is 5.82 Å². The summed E-state index contributed by atoms with van der Waals surface area (Å²) in [6.07, 6.45) is -0.0848. The van der Waals surface area contributed by atoms with Crippen LogP contribution in [0.25, 0.3) is 11.2 Å². The van der Waals surface area contributed by atoms with Crippen molar-refractivity contribution < 1.29 is 24.9 Å². The highest BCUT2D eigenvalue weighted by Gasteiger charge is 2.44. The van der Waals surface area contributed by atoms with Gasteiger partial charge < -0.3 is 31.5 Å². The van der Waals surface area contributed by atoms with Gasteiger partial charge in [-0.05, 0) is 19.4 Å². The molecule has 0 unspecified atom stereocenters. The first kappa shape index (κ1) is 25.9. The van der Waals surface area contributed by atoms with Gasteiger partial charge in [0.25, 0.3) is 0 Å². The van der Waals surface area contributed by atoms with Crippen LogP contribution in [0.15, 0.2) is 12.7 Å². The van der Waals surface area contributed by atoms with E-state index in [0.717, 1.165) is 11.0 Å². The monoisotopic (exact) mass is 571 g/mol. The number of nitrogen functional groups attached to an aromatic ring is 1. The van der Waals surface area contributed by atoms with Gasteiger partial charge in [-0.2, -0.15) is 0 Å². The van der Waals surface area contributed by atoms with Gasteiger partial charge in [0.05, 0.1) is 6.33 Å².